The molecule has 0 amide bonds. The van der Waals surface area contributed by atoms with Crippen molar-refractivity contribution in [1.29, 1.82) is 0 Å². The van der Waals surface area contributed by atoms with Gasteiger partial charge in [0.1, 0.15) is 0 Å². The third kappa shape index (κ3) is 2.50. The first-order valence-electron chi connectivity index (χ1n) is 3.97. The molecule has 0 aliphatic carbocycles. The van der Waals surface area contributed by atoms with Crippen LogP contribution in [0.1, 0.15) is 12.5 Å². The quantitative estimate of drug-likeness (QED) is 0.583. The van der Waals surface area contributed by atoms with E-state index < -0.39 is 5.97 Å². The highest BCUT2D eigenvalue weighted by Crippen LogP contribution is 2.20. The molecule has 1 rings (SSSR count). The third-order valence-corrected chi connectivity index (χ3v) is 1.99. The van der Waals surface area contributed by atoms with E-state index in [2.05, 4.69) is 0 Å². The monoisotopic (exact) mass is 211 g/mol. The second kappa shape index (κ2) is 4.15. The van der Waals surface area contributed by atoms with Crippen molar-refractivity contribution in [2.24, 2.45) is 0 Å². The van der Waals surface area contributed by atoms with Crippen molar-refractivity contribution in [3.63, 3.8) is 0 Å². The van der Waals surface area contributed by atoms with Gasteiger partial charge in [-0.3, -0.25) is 0 Å². The average molecular weight is 212 g/mol. The van der Waals surface area contributed by atoms with Gasteiger partial charge in [0.2, 0.25) is 0 Å². The highest BCUT2D eigenvalue weighted by atomic mass is 35.5. The summed E-state index contributed by atoms with van der Waals surface area (Å²) in [5.74, 6) is -0.959. The highest BCUT2D eigenvalue weighted by molar-refractivity contribution is 6.30. The van der Waals surface area contributed by atoms with Crippen LogP contribution in [-0.2, 0) is 4.79 Å². The first kappa shape index (κ1) is 10.6. The zero-order valence-corrected chi connectivity index (χ0v) is 8.38. The Labute approximate surface area is 86.8 Å². The molecular formula is C10H10ClNO2. The molecule has 0 saturated heterocycles. The van der Waals surface area contributed by atoms with Crippen molar-refractivity contribution >= 4 is 29.3 Å². The van der Waals surface area contributed by atoms with E-state index in [1.165, 1.54) is 13.0 Å². The minimum Gasteiger partial charge on any atom is -0.478 e. The number of anilines is 1. The molecule has 0 heterocycles. The van der Waals surface area contributed by atoms with E-state index in [0.29, 0.717) is 16.3 Å². The maximum Gasteiger partial charge on any atom is 0.331 e. The summed E-state index contributed by atoms with van der Waals surface area (Å²) in [7, 11) is 0. The van der Waals surface area contributed by atoms with Gasteiger partial charge in [0.15, 0.2) is 0 Å². The number of hydrogen-bond donors (Lipinski definition) is 2. The molecule has 3 N–H and O–H groups in total. The Morgan fingerprint density at radius 1 is 1.57 bits per heavy atom. The number of nitrogen functional groups attached to an aromatic ring is 1. The van der Waals surface area contributed by atoms with Crippen LogP contribution in [-0.4, -0.2) is 11.1 Å². The second-order valence-corrected chi connectivity index (χ2v) is 3.34. The van der Waals surface area contributed by atoms with Crippen molar-refractivity contribution in [2.45, 2.75) is 6.92 Å². The molecule has 0 fully saturated rings. The fourth-order valence-electron chi connectivity index (χ4n) is 0.972. The number of nitrogens with two attached hydrogens (primary N) is 1. The maximum absolute atomic E-state index is 10.5. The van der Waals surface area contributed by atoms with Crippen molar-refractivity contribution in [3.05, 3.63) is 34.4 Å². The molecule has 0 aliphatic heterocycles. The highest BCUT2D eigenvalue weighted by Gasteiger charge is 2.02. The van der Waals surface area contributed by atoms with Gasteiger partial charge >= 0.3 is 5.97 Å². The van der Waals surface area contributed by atoms with Crippen LogP contribution < -0.4 is 5.73 Å². The van der Waals surface area contributed by atoms with Crippen LogP contribution in [0.4, 0.5) is 5.69 Å². The van der Waals surface area contributed by atoms with E-state index in [1.807, 2.05) is 0 Å². The molecule has 0 aliphatic rings. The van der Waals surface area contributed by atoms with E-state index in [1.54, 1.807) is 18.2 Å². The molecule has 4 heteroatoms. The zero-order valence-electron chi connectivity index (χ0n) is 7.62. The van der Waals surface area contributed by atoms with Gasteiger partial charge in [0.25, 0.3) is 0 Å². The number of halogens is 1. The molecular weight excluding hydrogens is 202 g/mol. The SMILES string of the molecule is CC(=Cc1ccc(Cl)cc1N)C(=O)O. The van der Waals surface area contributed by atoms with Gasteiger partial charge in [-0.15, -0.1) is 0 Å². The van der Waals surface area contributed by atoms with Crippen LogP contribution in [0.5, 0.6) is 0 Å². The molecule has 74 valence electrons. The van der Waals surface area contributed by atoms with Gasteiger partial charge in [-0.1, -0.05) is 17.7 Å². The number of benzene rings is 1. The minimum atomic E-state index is -0.959. The van der Waals surface area contributed by atoms with E-state index in [9.17, 15) is 4.79 Å². The lowest BCUT2D eigenvalue weighted by atomic mass is 10.1. The van der Waals surface area contributed by atoms with E-state index in [0.717, 1.165) is 0 Å². The summed E-state index contributed by atoms with van der Waals surface area (Å²) >= 11 is 5.70. The Balaban J connectivity index is 3.09. The zero-order chi connectivity index (χ0) is 10.7. The molecule has 3 nitrogen and oxygen atoms in total. The second-order valence-electron chi connectivity index (χ2n) is 2.91. The van der Waals surface area contributed by atoms with Crippen LogP contribution in [0.2, 0.25) is 5.02 Å². The molecule has 1 aromatic rings. The van der Waals surface area contributed by atoms with Gasteiger partial charge in [0.05, 0.1) is 0 Å². The Morgan fingerprint density at radius 3 is 2.71 bits per heavy atom. The van der Waals surface area contributed by atoms with Crippen molar-refractivity contribution in [2.75, 3.05) is 5.73 Å². The number of aliphatic carboxylic acids is 1. The van der Waals surface area contributed by atoms with Gasteiger partial charge in [-0.25, -0.2) is 4.79 Å². The minimum absolute atomic E-state index is 0.235. The first-order chi connectivity index (χ1) is 6.50. The Hall–Kier alpha value is -1.48. The lowest BCUT2D eigenvalue weighted by Gasteiger charge is -2.01. The van der Waals surface area contributed by atoms with Gasteiger partial charge in [0, 0.05) is 16.3 Å². The van der Waals surface area contributed by atoms with Crippen molar-refractivity contribution in [3.8, 4) is 0 Å². The fraction of sp³-hybridized carbons (Fsp3) is 0.100. The first-order valence-corrected chi connectivity index (χ1v) is 4.35. The van der Waals surface area contributed by atoms with Crippen molar-refractivity contribution in [1.82, 2.24) is 0 Å². The maximum atomic E-state index is 10.5. The van der Waals surface area contributed by atoms with Gasteiger partial charge in [-0.05, 0) is 30.7 Å². The molecule has 0 saturated carbocycles. The number of rotatable bonds is 2. The van der Waals surface area contributed by atoms with Crippen molar-refractivity contribution < 1.29 is 9.90 Å². The smallest absolute Gasteiger partial charge is 0.331 e. The number of carboxylic acid groups (broad SMARTS) is 1. The summed E-state index contributed by atoms with van der Waals surface area (Å²) in [5, 5.41) is 9.19. The molecule has 0 spiro atoms. The molecule has 14 heavy (non-hydrogen) atoms. The summed E-state index contributed by atoms with van der Waals surface area (Å²) in [4.78, 5) is 10.5. The lowest BCUT2D eigenvalue weighted by molar-refractivity contribution is -0.132. The third-order valence-electron chi connectivity index (χ3n) is 1.76. The summed E-state index contributed by atoms with van der Waals surface area (Å²) in [6.07, 6.45) is 1.51. The van der Waals surface area contributed by atoms with Gasteiger partial charge in [-0.2, -0.15) is 0 Å². The fourth-order valence-corrected chi connectivity index (χ4v) is 1.15. The average Bonchev–Trinajstić information content (AvgIpc) is 2.09. The molecule has 0 aromatic heterocycles. The molecule has 0 unspecified atom stereocenters. The summed E-state index contributed by atoms with van der Waals surface area (Å²) < 4.78 is 0. The van der Waals surface area contributed by atoms with Crippen LogP contribution in [0, 0.1) is 0 Å². The van der Waals surface area contributed by atoms with E-state index >= 15 is 0 Å². The summed E-state index contributed by atoms with van der Waals surface area (Å²) in [6, 6.07) is 4.94. The van der Waals surface area contributed by atoms with Crippen LogP contribution in [0.15, 0.2) is 23.8 Å². The predicted octanol–water partition coefficient (Wildman–Crippen LogP) is 2.41. The largest absolute Gasteiger partial charge is 0.478 e. The molecule has 1 aromatic carbocycles. The predicted molar refractivity (Wildman–Crippen MR) is 57.2 cm³/mol. The van der Waals surface area contributed by atoms with Crippen LogP contribution in [0.3, 0.4) is 0 Å². The number of hydrogen-bond acceptors (Lipinski definition) is 2. The Morgan fingerprint density at radius 2 is 2.21 bits per heavy atom. The topological polar surface area (TPSA) is 63.3 Å². The molecule has 0 radical (unpaired) electrons. The van der Waals surface area contributed by atoms with Crippen LogP contribution >= 0.6 is 11.6 Å². The Bertz CT molecular complexity index is 399. The van der Waals surface area contributed by atoms with E-state index in [4.69, 9.17) is 22.4 Å². The summed E-state index contributed by atoms with van der Waals surface area (Å²) in [5.41, 5.74) is 7.01. The van der Waals surface area contributed by atoms with E-state index in [-0.39, 0.29) is 5.57 Å². The molecule has 0 atom stereocenters. The number of carboxylic acids is 1. The lowest BCUT2D eigenvalue weighted by Crippen LogP contribution is -1.96. The van der Waals surface area contributed by atoms with Crippen LogP contribution in [0.25, 0.3) is 6.08 Å². The molecule has 0 bridgehead atoms. The standard InChI is InChI=1S/C10H10ClNO2/c1-6(10(13)14)4-7-2-3-8(11)5-9(7)12/h2-5H,12H2,1H3,(H,13,14). The number of carbonyl (C=O) groups is 1. The summed E-state index contributed by atoms with van der Waals surface area (Å²) in [6.45, 7) is 1.51. The van der Waals surface area contributed by atoms with Gasteiger partial charge < -0.3 is 10.8 Å². The normalized spacial score (nSPS) is 11.4. The Kier molecular flexibility index (Phi) is 3.14.